The number of thiocarbonyl (C=S) groups is 1. The van der Waals surface area contributed by atoms with Crippen LogP contribution in [0.3, 0.4) is 0 Å². The molecule has 1 aromatic carbocycles. The minimum Gasteiger partial charge on any atom is -0.331 e. The molecule has 0 fully saturated rings. The molecule has 0 aliphatic carbocycles. The third kappa shape index (κ3) is 5.01. The van der Waals surface area contributed by atoms with E-state index in [9.17, 15) is 9.59 Å². The van der Waals surface area contributed by atoms with Crippen molar-refractivity contribution >= 4 is 51.3 Å². The number of para-hydroxylation sites is 1. The average molecular weight is 349 g/mol. The van der Waals surface area contributed by atoms with Gasteiger partial charge in [-0.1, -0.05) is 29.5 Å². The summed E-state index contributed by atoms with van der Waals surface area (Å²) >= 11 is 6.19. The number of amides is 2. The van der Waals surface area contributed by atoms with Gasteiger partial charge in [-0.15, -0.1) is 0 Å². The summed E-state index contributed by atoms with van der Waals surface area (Å²) in [6, 6.07) is 9.33. The number of thiazole rings is 1. The summed E-state index contributed by atoms with van der Waals surface area (Å²) in [4.78, 5) is 27.6. The highest BCUT2D eigenvalue weighted by molar-refractivity contribution is 7.80. The molecule has 1 heterocycles. The number of hydrazine groups is 1. The van der Waals surface area contributed by atoms with E-state index in [1.54, 1.807) is 6.92 Å². The smallest absolute Gasteiger partial charge is 0.281 e. The highest BCUT2D eigenvalue weighted by Crippen LogP contribution is 2.22. The molecule has 0 saturated carbocycles. The molecular weight excluding hydrogens is 334 g/mol. The minimum atomic E-state index is -0.381. The topological polar surface area (TPSA) is 95.2 Å². The van der Waals surface area contributed by atoms with Crippen LogP contribution in [0.4, 0.5) is 10.8 Å². The summed E-state index contributed by atoms with van der Waals surface area (Å²) in [5, 5.41) is 6.12. The van der Waals surface area contributed by atoms with Gasteiger partial charge < -0.3 is 10.6 Å². The van der Waals surface area contributed by atoms with Crippen molar-refractivity contribution in [2.75, 3.05) is 10.6 Å². The number of aryl methyl sites for hydroxylation is 1. The maximum absolute atomic E-state index is 12.1. The predicted molar refractivity (Wildman–Crippen MR) is 94.4 cm³/mol. The zero-order valence-electron chi connectivity index (χ0n) is 12.5. The quantitative estimate of drug-likeness (QED) is 0.500. The summed E-state index contributed by atoms with van der Waals surface area (Å²) in [6.45, 7) is 3.07. The average Bonchev–Trinajstić information content (AvgIpc) is 2.85. The van der Waals surface area contributed by atoms with Gasteiger partial charge in [0.25, 0.3) is 5.91 Å². The number of hydrogen-bond donors (Lipinski definition) is 4. The van der Waals surface area contributed by atoms with Crippen LogP contribution in [0.25, 0.3) is 0 Å². The lowest BCUT2D eigenvalue weighted by atomic mass is 10.3. The van der Waals surface area contributed by atoms with Gasteiger partial charge in [-0.25, -0.2) is 4.98 Å². The molecule has 4 N–H and O–H groups in total. The van der Waals surface area contributed by atoms with Crippen molar-refractivity contribution < 1.29 is 9.59 Å². The molecule has 0 aliphatic heterocycles. The summed E-state index contributed by atoms with van der Waals surface area (Å²) in [5.41, 5.74) is 6.44. The fourth-order valence-electron chi connectivity index (χ4n) is 1.67. The summed E-state index contributed by atoms with van der Waals surface area (Å²) in [6.07, 6.45) is 0. The maximum atomic E-state index is 12.1. The molecule has 9 heteroatoms. The van der Waals surface area contributed by atoms with Crippen molar-refractivity contribution in [1.29, 1.82) is 0 Å². The largest absolute Gasteiger partial charge is 0.331 e. The molecule has 2 rings (SSSR count). The van der Waals surface area contributed by atoms with Crippen LogP contribution >= 0.6 is 23.6 Å². The van der Waals surface area contributed by atoms with Gasteiger partial charge in [0.05, 0.1) is 5.69 Å². The number of aromatic nitrogens is 1. The molecule has 23 heavy (non-hydrogen) atoms. The first-order valence-corrected chi connectivity index (χ1v) is 7.85. The highest BCUT2D eigenvalue weighted by atomic mass is 32.1. The van der Waals surface area contributed by atoms with Gasteiger partial charge in [0, 0.05) is 12.6 Å². The molecule has 2 aromatic rings. The standard InChI is InChI=1S/C14H15N5O2S2/c1-8-11(23-14(15-8)16-9(2)20)12(21)18-19-13(22)17-10-6-4-3-5-7-10/h3-7H,1-2H3,(H,18,21)(H,15,16,20)(H2,17,19,22). The second-order valence-corrected chi connectivity index (χ2v) is 5.92. The van der Waals surface area contributed by atoms with Crippen molar-refractivity contribution in [2.24, 2.45) is 0 Å². The lowest BCUT2D eigenvalue weighted by Crippen LogP contribution is -2.43. The van der Waals surface area contributed by atoms with E-state index in [1.807, 2.05) is 30.3 Å². The third-order valence-electron chi connectivity index (χ3n) is 2.61. The Hall–Kier alpha value is -2.52. The van der Waals surface area contributed by atoms with Gasteiger partial charge in [-0.2, -0.15) is 0 Å². The number of anilines is 2. The van der Waals surface area contributed by atoms with Gasteiger partial charge in [0.15, 0.2) is 10.2 Å². The van der Waals surface area contributed by atoms with Crippen LogP contribution in [0.5, 0.6) is 0 Å². The van der Waals surface area contributed by atoms with Crippen molar-refractivity contribution in [2.45, 2.75) is 13.8 Å². The Morgan fingerprint density at radius 1 is 1.13 bits per heavy atom. The van der Waals surface area contributed by atoms with Crippen molar-refractivity contribution in [3.05, 3.63) is 40.9 Å². The zero-order valence-corrected chi connectivity index (χ0v) is 14.1. The number of rotatable bonds is 3. The van der Waals surface area contributed by atoms with Crippen LogP contribution in [0.1, 0.15) is 22.3 Å². The van der Waals surface area contributed by atoms with E-state index < -0.39 is 0 Å². The minimum absolute atomic E-state index is 0.239. The lowest BCUT2D eigenvalue weighted by Gasteiger charge is -2.10. The molecule has 120 valence electrons. The zero-order chi connectivity index (χ0) is 16.8. The van der Waals surface area contributed by atoms with Crippen LogP contribution in [-0.4, -0.2) is 21.9 Å². The second kappa shape index (κ2) is 7.65. The van der Waals surface area contributed by atoms with Gasteiger partial charge in [0.1, 0.15) is 4.88 Å². The number of carbonyl (C=O) groups excluding carboxylic acids is 2. The fourth-order valence-corrected chi connectivity index (χ4v) is 2.74. The van der Waals surface area contributed by atoms with Crippen LogP contribution in [-0.2, 0) is 4.79 Å². The molecule has 0 atom stereocenters. The molecule has 7 nitrogen and oxygen atoms in total. The third-order valence-corrected chi connectivity index (χ3v) is 3.88. The number of nitrogens with one attached hydrogen (secondary N) is 4. The van der Waals surface area contributed by atoms with Crippen molar-refractivity contribution in [3.8, 4) is 0 Å². The van der Waals surface area contributed by atoms with Crippen LogP contribution < -0.4 is 21.5 Å². The van der Waals surface area contributed by atoms with Crippen LogP contribution in [0.2, 0.25) is 0 Å². The van der Waals surface area contributed by atoms with Gasteiger partial charge >= 0.3 is 0 Å². The first-order valence-electron chi connectivity index (χ1n) is 6.63. The van der Waals surface area contributed by atoms with E-state index in [0.717, 1.165) is 17.0 Å². The number of benzene rings is 1. The summed E-state index contributed by atoms with van der Waals surface area (Å²) in [7, 11) is 0. The first kappa shape index (κ1) is 16.8. The van der Waals surface area contributed by atoms with Crippen molar-refractivity contribution in [1.82, 2.24) is 15.8 Å². The first-order chi connectivity index (χ1) is 11.0. The molecular formula is C14H15N5O2S2. The lowest BCUT2D eigenvalue weighted by molar-refractivity contribution is -0.114. The fraction of sp³-hybridized carbons (Fsp3) is 0.143. The van der Waals surface area contributed by atoms with E-state index in [2.05, 4.69) is 26.5 Å². The van der Waals surface area contributed by atoms with E-state index in [1.165, 1.54) is 6.92 Å². The summed E-state index contributed by atoms with van der Waals surface area (Å²) < 4.78 is 0. The molecule has 0 bridgehead atoms. The Morgan fingerprint density at radius 2 is 1.83 bits per heavy atom. The molecule has 1 aromatic heterocycles. The molecule has 0 unspecified atom stereocenters. The SMILES string of the molecule is CC(=O)Nc1nc(C)c(C(=O)NNC(=S)Nc2ccccc2)s1. The molecule has 2 amide bonds. The molecule has 0 saturated heterocycles. The Morgan fingerprint density at radius 3 is 2.48 bits per heavy atom. The van der Waals surface area contributed by atoms with Crippen LogP contribution in [0, 0.1) is 6.92 Å². The van der Waals surface area contributed by atoms with Gasteiger partial charge in [0.2, 0.25) is 5.91 Å². The highest BCUT2D eigenvalue weighted by Gasteiger charge is 2.16. The van der Waals surface area contributed by atoms with Gasteiger partial charge in [-0.05, 0) is 31.3 Å². The Bertz CT molecular complexity index is 730. The number of hydrogen-bond acceptors (Lipinski definition) is 5. The van der Waals surface area contributed by atoms with Gasteiger partial charge in [-0.3, -0.25) is 20.4 Å². The van der Waals surface area contributed by atoms with Crippen molar-refractivity contribution in [3.63, 3.8) is 0 Å². The molecule has 0 aliphatic rings. The number of carbonyl (C=O) groups is 2. The molecule has 0 radical (unpaired) electrons. The Kier molecular flexibility index (Phi) is 5.61. The van der Waals surface area contributed by atoms with E-state index >= 15 is 0 Å². The molecule has 0 spiro atoms. The Labute approximate surface area is 142 Å². The Balaban J connectivity index is 1.90. The van der Waals surface area contributed by atoms with E-state index in [0.29, 0.717) is 15.7 Å². The second-order valence-electron chi connectivity index (χ2n) is 4.51. The number of nitrogens with zero attached hydrogens (tertiary/aromatic N) is 1. The van der Waals surface area contributed by atoms with Crippen LogP contribution in [0.15, 0.2) is 30.3 Å². The maximum Gasteiger partial charge on any atom is 0.281 e. The monoisotopic (exact) mass is 349 g/mol. The van der Waals surface area contributed by atoms with E-state index in [4.69, 9.17) is 12.2 Å². The summed E-state index contributed by atoms with van der Waals surface area (Å²) in [5.74, 6) is -0.620. The normalized spacial score (nSPS) is 9.83. The van der Waals surface area contributed by atoms with E-state index in [-0.39, 0.29) is 16.9 Å². The predicted octanol–water partition coefficient (Wildman–Crippen LogP) is 2.04.